The van der Waals surface area contributed by atoms with E-state index in [4.69, 9.17) is 5.11 Å². The van der Waals surface area contributed by atoms with Gasteiger partial charge >= 0.3 is 5.97 Å². The fourth-order valence-corrected chi connectivity index (χ4v) is 3.35. The molecule has 0 saturated carbocycles. The standard InChI is InChI=1S/C14H25N3O3/c1-2-16(10-13(18)19)14(20)12-4-3-9-17(12)11-5-7-15-8-6-11/h11-12,15H,2-10H2,1H3,(H,18,19). The number of likely N-dealkylation sites (tertiary alicyclic amines) is 1. The molecule has 1 unspecified atom stereocenters. The van der Waals surface area contributed by atoms with Crippen LogP contribution in [0.15, 0.2) is 0 Å². The number of amides is 1. The van der Waals surface area contributed by atoms with Crippen molar-refractivity contribution in [2.75, 3.05) is 32.7 Å². The lowest BCUT2D eigenvalue weighted by molar-refractivity contribution is -0.146. The molecule has 2 aliphatic heterocycles. The Balaban J connectivity index is 2.01. The van der Waals surface area contributed by atoms with Gasteiger partial charge in [-0.1, -0.05) is 0 Å². The maximum Gasteiger partial charge on any atom is 0.323 e. The Morgan fingerprint density at radius 3 is 2.60 bits per heavy atom. The van der Waals surface area contributed by atoms with Gasteiger partial charge < -0.3 is 15.3 Å². The van der Waals surface area contributed by atoms with Crippen molar-refractivity contribution in [2.45, 2.75) is 44.7 Å². The smallest absolute Gasteiger partial charge is 0.323 e. The minimum atomic E-state index is -0.938. The van der Waals surface area contributed by atoms with Crippen LogP contribution in [0.25, 0.3) is 0 Å². The van der Waals surface area contributed by atoms with Crippen molar-refractivity contribution in [2.24, 2.45) is 0 Å². The first kappa shape index (κ1) is 15.3. The van der Waals surface area contributed by atoms with Crippen LogP contribution in [0.1, 0.15) is 32.6 Å². The summed E-state index contributed by atoms with van der Waals surface area (Å²) in [5.74, 6) is -0.947. The van der Waals surface area contributed by atoms with E-state index >= 15 is 0 Å². The third kappa shape index (κ3) is 3.49. The van der Waals surface area contributed by atoms with Gasteiger partial charge in [-0.15, -0.1) is 0 Å². The molecule has 1 amide bonds. The average Bonchev–Trinajstić information content (AvgIpc) is 2.94. The summed E-state index contributed by atoms with van der Waals surface area (Å²) in [6, 6.07) is 0.355. The topological polar surface area (TPSA) is 72.9 Å². The van der Waals surface area contributed by atoms with Crippen molar-refractivity contribution in [1.29, 1.82) is 0 Å². The van der Waals surface area contributed by atoms with Gasteiger partial charge in [-0.2, -0.15) is 0 Å². The minimum absolute atomic E-state index is 0.00840. The first-order valence-corrected chi connectivity index (χ1v) is 7.60. The highest BCUT2D eigenvalue weighted by molar-refractivity contribution is 5.85. The molecule has 0 aliphatic carbocycles. The lowest BCUT2D eigenvalue weighted by Crippen LogP contribution is -2.52. The van der Waals surface area contributed by atoms with E-state index in [0.717, 1.165) is 45.3 Å². The number of aliphatic carboxylic acids is 1. The molecule has 2 aliphatic rings. The first-order chi connectivity index (χ1) is 9.63. The molecule has 20 heavy (non-hydrogen) atoms. The van der Waals surface area contributed by atoms with Crippen LogP contribution in [0, 0.1) is 0 Å². The summed E-state index contributed by atoms with van der Waals surface area (Å²) in [5, 5.41) is 12.2. The van der Waals surface area contributed by atoms with E-state index in [0.29, 0.717) is 12.6 Å². The zero-order valence-electron chi connectivity index (χ0n) is 12.2. The van der Waals surface area contributed by atoms with E-state index in [1.54, 1.807) is 0 Å². The van der Waals surface area contributed by atoms with Crippen LogP contribution < -0.4 is 5.32 Å². The highest BCUT2D eigenvalue weighted by Gasteiger charge is 2.37. The van der Waals surface area contributed by atoms with Crippen LogP contribution in [-0.4, -0.2) is 71.6 Å². The van der Waals surface area contributed by atoms with E-state index < -0.39 is 5.97 Å². The summed E-state index contributed by atoms with van der Waals surface area (Å²) < 4.78 is 0. The number of nitrogens with zero attached hydrogens (tertiary/aromatic N) is 2. The fourth-order valence-electron chi connectivity index (χ4n) is 3.35. The van der Waals surface area contributed by atoms with Gasteiger partial charge in [0.25, 0.3) is 0 Å². The lowest BCUT2D eigenvalue weighted by atomic mass is 10.0. The SMILES string of the molecule is CCN(CC(=O)O)C(=O)C1CCCN1C1CCNCC1. The van der Waals surface area contributed by atoms with Gasteiger partial charge in [0.15, 0.2) is 0 Å². The fraction of sp³-hybridized carbons (Fsp3) is 0.857. The second-order valence-electron chi connectivity index (χ2n) is 5.62. The Morgan fingerprint density at radius 1 is 1.30 bits per heavy atom. The quantitative estimate of drug-likeness (QED) is 0.750. The van der Waals surface area contributed by atoms with Crippen molar-refractivity contribution in [3.63, 3.8) is 0 Å². The molecule has 0 bridgehead atoms. The number of carbonyl (C=O) groups is 2. The number of hydrogen-bond donors (Lipinski definition) is 2. The molecule has 0 aromatic heterocycles. The minimum Gasteiger partial charge on any atom is -0.480 e. The highest BCUT2D eigenvalue weighted by atomic mass is 16.4. The molecule has 0 aromatic rings. The van der Waals surface area contributed by atoms with Gasteiger partial charge in [-0.25, -0.2) is 0 Å². The number of rotatable bonds is 5. The van der Waals surface area contributed by atoms with Crippen molar-refractivity contribution in [3.05, 3.63) is 0 Å². The normalized spacial score (nSPS) is 24.8. The van der Waals surface area contributed by atoms with E-state index in [2.05, 4.69) is 10.2 Å². The number of piperidine rings is 1. The van der Waals surface area contributed by atoms with Gasteiger partial charge in [-0.3, -0.25) is 14.5 Å². The molecule has 0 radical (unpaired) electrons. The van der Waals surface area contributed by atoms with E-state index in [1.165, 1.54) is 4.90 Å². The lowest BCUT2D eigenvalue weighted by Gasteiger charge is -2.36. The molecule has 1 atom stereocenters. The molecule has 2 N–H and O–H groups in total. The Morgan fingerprint density at radius 2 is 2.00 bits per heavy atom. The summed E-state index contributed by atoms with van der Waals surface area (Å²) in [5.41, 5.74) is 0. The van der Waals surface area contributed by atoms with Gasteiger partial charge in [-0.05, 0) is 52.2 Å². The van der Waals surface area contributed by atoms with Crippen molar-refractivity contribution >= 4 is 11.9 Å². The highest BCUT2D eigenvalue weighted by Crippen LogP contribution is 2.25. The third-order valence-electron chi connectivity index (χ3n) is 4.38. The van der Waals surface area contributed by atoms with Crippen molar-refractivity contribution < 1.29 is 14.7 Å². The number of carbonyl (C=O) groups excluding carboxylic acids is 1. The second kappa shape index (κ2) is 7.04. The molecule has 2 heterocycles. The Bertz CT molecular complexity index is 356. The van der Waals surface area contributed by atoms with E-state index in [9.17, 15) is 9.59 Å². The van der Waals surface area contributed by atoms with Gasteiger partial charge in [0, 0.05) is 12.6 Å². The van der Waals surface area contributed by atoms with Crippen LogP contribution >= 0.6 is 0 Å². The number of carboxylic acids is 1. The van der Waals surface area contributed by atoms with Gasteiger partial charge in [0.1, 0.15) is 6.54 Å². The Labute approximate surface area is 120 Å². The monoisotopic (exact) mass is 283 g/mol. The number of likely N-dealkylation sites (N-methyl/N-ethyl adjacent to an activating group) is 1. The predicted octanol–water partition coefficient (Wildman–Crippen LogP) is 0.136. The van der Waals surface area contributed by atoms with E-state index in [1.807, 2.05) is 6.92 Å². The van der Waals surface area contributed by atoms with Crippen LogP contribution in [0.4, 0.5) is 0 Å². The Hall–Kier alpha value is -1.14. The largest absolute Gasteiger partial charge is 0.480 e. The summed E-state index contributed by atoms with van der Waals surface area (Å²) in [4.78, 5) is 27.2. The van der Waals surface area contributed by atoms with Crippen molar-refractivity contribution in [1.82, 2.24) is 15.1 Å². The van der Waals surface area contributed by atoms with Crippen molar-refractivity contribution in [3.8, 4) is 0 Å². The maximum atomic E-state index is 12.6. The molecular formula is C14H25N3O3. The summed E-state index contributed by atoms with van der Waals surface area (Å²) >= 11 is 0. The van der Waals surface area contributed by atoms with Gasteiger partial charge in [0.05, 0.1) is 6.04 Å². The summed E-state index contributed by atoms with van der Waals surface area (Å²) in [7, 11) is 0. The van der Waals surface area contributed by atoms with Crippen LogP contribution in [0.5, 0.6) is 0 Å². The molecule has 6 nitrogen and oxygen atoms in total. The molecule has 2 saturated heterocycles. The maximum absolute atomic E-state index is 12.6. The van der Waals surface area contributed by atoms with Crippen LogP contribution in [0.2, 0.25) is 0 Å². The summed E-state index contributed by atoms with van der Waals surface area (Å²) in [6.45, 7) is 5.09. The molecule has 114 valence electrons. The average molecular weight is 283 g/mol. The molecule has 2 rings (SSSR count). The molecule has 6 heteroatoms. The molecular weight excluding hydrogens is 258 g/mol. The summed E-state index contributed by atoms with van der Waals surface area (Å²) in [6.07, 6.45) is 4.05. The van der Waals surface area contributed by atoms with Crippen LogP contribution in [-0.2, 0) is 9.59 Å². The first-order valence-electron chi connectivity index (χ1n) is 7.60. The van der Waals surface area contributed by atoms with Gasteiger partial charge in [0.2, 0.25) is 5.91 Å². The second-order valence-corrected chi connectivity index (χ2v) is 5.62. The number of nitrogens with one attached hydrogen (secondary N) is 1. The predicted molar refractivity (Wildman–Crippen MR) is 75.5 cm³/mol. The number of carboxylic acid groups (broad SMARTS) is 1. The molecule has 2 fully saturated rings. The van der Waals surface area contributed by atoms with E-state index in [-0.39, 0.29) is 18.5 Å². The molecule has 0 aromatic carbocycles. The zero-order valence-corrected chi connectivity index (χ0v) is 12.2. The Kier molecular flexibility index (Phi) is 5.37. The molecule has 0 spiro atoms. The zero-order chi connectivity index (χ0) is 14.5. The third-order valence-corrected chi connectivity index (χ3v) is 4.38. The van der Waals surface area contributed by atoms with Crippen LogP contribution in [0.3, 0.4) is 0 Å². The number of hydrogen-bond acceptors (Lipinski definition) is 4.